The van der Waals surface area contributed by atoms with Crippen LogP contribution in [0.1, 0.15) is 23.4 Å². The van der Waals surface area contributed by atoms with Gasteiger partial charge in [0.05, 0.1) is 19.7 Å². The predicted molar refractivity (Wildman–Crippen MR) is 97.7 cm³/mol. The van der Waals surface area contributed by atoms with Crippen LogP contribution in [0.2, 0.25) is 0 Å². The first-order valence-corrected chi connectivity index (χ1v) is 8.55. The van der Waals surface area contributed by atoms with Crippen molar-refractivity contribution in [3.8, 4) is 17.1 Å². The van der Waals surface area contributed by atoms with Crippen molar-refractivity contribution in [3.63, 3.8) is 0 Å². The Bertz CT molecular complexity index is 918. The summed E-state index contributed by atoms with van der Waals surface area (Å²) in [4.78, 5) is 16.1. The lowest BCUT2D eigenvalue weighted by atomic mass is 10.1. The quantitative estimate of drug-likeness (QED) is 0.575. The number of esters is 1. The number of hydrogen-bond acceptors (Lipinski definition) is 5. The zero-order valence-corrected chi connectivity index (χ0v) is 15.2. The van der Waals surface area contributed by atoms with Gasteiger partial charge in [0.2, 0.25) is 0 Å². The van der Waals surface area contributed by atoms with Gasteiger partial charge in [-0.3, -0.25) is 4.79 Å². The maximum Gasteiger partial charge on any atom is 0.306 e. The summed E-state index contributed by atoms with van der Waals surface area (Å²) >= 11 is 0. The number of halogens is 1. The second kappa shape index (κ2) is 8.49. The minimum Gasteiger partial charge on any atom is -0.494 e. The first-order chi connectivity index (χ1) is 13.0. The summed E-state index contributed by atoms with van der Waals surface area (Å²) < 4.78 is 29.3. The highest BCUT2D eigenvalue weighted by Gasteiger charge is 2.11. The Morgan fingerprint density at radius 2 is 1.96 bits per heavy atom. The fourth-order valence-corrected chi connectivity index (χ4v) is 2.52. The van der Waals surface area contributed by atoms with Crippen LogP contribution in [0.3, 0.4) is 0 Å². The summed E-state index contributed by atoms with van der Waals surface area (Å²) in [7, 11) is 1.39. The number of methoxy groups -OCH3 is 1. The van der Waals surface area contributed by atoms with Gasteiger partial charge in [-0.2, -0.15) is 0 Å². The van der Waals surface area contributed by atoms with Gasteiger partial charge in [0.1, 0.15) is 6.61 Å². The third kappa shape index (κ3) is 4.94. The van der Waals surface area contributed by atoms with Gasteiger partial charge in [-0.25, -0.2) is 9.37 Å². The molecule has 5 nitrogen and oxygen atoms in total. The fourth-order valence-electron chi connectivity index (χ4n) is 2.52. The summed E-state index contributed by atoms with van der Waals surface area (Å²) in [6, 6.07) is 12.3. The van der Waals surface area contributed by atoms with Crippen LogP contribution in [0.15, 0.2) is 53.1 Å². The monoisotopic (exact) mass is 369 g/mol. The van der Waals surface area contributed by atoms with Crippen LogP contribution in [0.5, 0.6) is 5.75 Å². The summed E-state index contributed by atoms with van der Waals surface area (Å²) in [6.07, 6.45) is 2.11. The molecule has 140 valence electrons. The van der Waals surface area contributed by atoms with Crippen LogP contribution in [0.4, 0.5) is 4.39 Å². The second-order valence-corrected chi connectivity index (χ2v) is 6.11. The normalized spacial score (nSPS) is 10.6. The van der Waals surface area contributed by atoms with Crippen molar-refractivity contribution in [1.82, 2.24) is 4.98 Å². The number of oxazole rings is 1. The Morgan fingerprint density at radius 3 is 2.67 bits per heavy atom. The zero-order chi connectivity index (χ0) is 19.2. The topological polar surface area (TPSA) is 61.6 Å². The predicted octanol–water partition coefficient (Wildman–Crippen LogP) is 4.47. The van der Waals surface area contributed by atoms with Gasteiger partial charge in [0.15, 0.2) is 23.2 Å². The minimum atomic E-state index is -0.491. The summed E-state index contributed by atoms with van der Waals surface area (Å²) in [5.74, 6) is 0.388. The fraction of sp³-hybridized carbons (Fsp3) is 0.238. The van der Waals surface area contributed by atoms with E-state index >= 15 is 0 Å². The van der Waals surface area contributed by atoms with E-state index in [1.54, 1.807) is 12.3 Å². The molecule has 0 saturated heterocycles. The number of ether oxygens (including phenoxy) is 2. The highest BCUT2D eigenvalue weighted by molar-refractivity contribution is 5.69. The summed E-state index contributed by atoms with van der Waals surface area (Å²) in [5, 5.41) is 0. The average molecular weight is 369 g/mol. The Hall–Kier alpha value is -3.15. The first kappa shape index (κ1) is 18.6. The molecule has 1 heterocycles. The Labute approximate surface area is 156 Å². The van der Waals surface area contributed by atoms with E-state index in [0.717, 1.165) is 11.1 Å². The number of carbonyl (C=O) groups excluding carboxylic acids is 1. The molecule has 0 radical (unpaired) electrons. The lowest BCUT2D eigenvalue weighted by Crippen LogP contribution is -2.06. The minimum absolute atomic E-state index is 0.0000522. The lowest BCUT2D eigenvalue weighted by molar-refractivity contribution is -0.145. The van der Waals surface area contributed by atoms with Crippen molar-refractivity contribution < 1.29 is 23.1 Å². The number of hydrogen-bond donors (Lipinski definition) is 0. The number of rotatable bonds is 7. The van der Waals surface area contributed by atoms with Gasteiger partial charge in [-0.05, 0) is 24.6 Å². The summed E-state index contributed by atoms with van der Waals surface area (Å²) in [5.41, 5.74) is 2.65. The Kier molecular flexibility index (Phi) is 5.86. The van der Waals surface area contributed by atoms with Crippen LogP contribution in [-0.2, 0) is 22.6 Å². The van der Waals surface area contributed by atoms with Crippen molar-refractivity contribution >= 4 is 5.97 Å². The molecule has 0 N–H and O–H groups in total. The molecule has 27 heavy (non-hydrogen) atoms. The van der Waals surface area contributed by atoms with E-state index in [1.165, 1.54) is 19.2 Å². The maximum absolute atomic E-state index is 13.6. The molecule has 0 bridgehead atoms. The van der Waals surface area contributed by atoms with E-state index in [1.807, 2.05) is 31.2 Å². The van der Waals surface area contributed by atoms with Crippen LogP contribution in [0.25, 0.3) is 11.3 Å². The molecule has 0 aliphatic carbocycles. The molecular weight excluding hydrogens is 349 g/mol. The number of aryl methyl sites for hydroxylation is 2. The van der Waals surface area contributed by atoms with Gasteiger partial charge >= 0.3 is 5.97 Å². The highest BCUT2D eigenvalue weighted by atomic mass is 19.1. The SMILES string of the molecule is COc1ccc(COC(=O)CCc2ncc(-c3ccc(C)cc3)o2)cc1F. The Balaban J connectivity index is 1.49. The molecule has 0 aliphatic rings. The molecule has 0 spiro atoms. The molecule has 0 unspecified atom stereocenters. The van der Waals surface area contributed by atoms with Crippen LogP contribution >= 0.6 is 0 Å². The molecule has 1 aromatic heterocycles. The lowest BCUT2D eigenvalue weighted by Gasteiger charge is -2.06. The van der Waals surface area contributed by atoms with Crippen LogP contribution in [-0.4, -0.2) is 18.1 Å². The van der Waals surface area contributed by atoms with Crippen LogP contribution < -0.4 is 4.74 Å². The molecule has 0 amide bonds. The molecule has 2 aromatic carbocycles. The molecular formula is C21H20FNO4. The Morgan fingerprint density at radius 1 is 1.19 bits per heavy atom. The number of carbonyl (C=O) groups is 1. The second-order valence-electron chi connectivity index (χ2n) is 6.11. The molecule has 0 fully saturated rings. The van der Waals surface area contributed by atoms with E-state index in [-0.39, 0.29) is 18.8 Å². The standard InChI is InChI=1S/C21H20FNO4/c1-14-3-6-16(7-4-14)19-12-23-20(27-19)9-10-21(24)26-13-15-5-8-18(25-2)17(22)11-15/h3-8,11-12H,9-10,13H2,1-2H3. The van der Waals surface area contributed by atoms with Crippen LogP contribution in [0, 0.1) is 12.7 Å². The van der Waals surface area contributed by atoms with Crippen molar-refractivity contribution in [3.05, 3.63) is 71.5 Å². The van der Waals surface area contributed by atoms with Gasteiger partial charge in [0.25, 0.3) is 0 Å². The van der Waals surface area contributed by atoms with E-state index in [4.69, 9.17) is 13.9 Å². The smallest absolute Gasteiger partial charge is 0.306 e. The maximum atomic E-state index is 13.6. The molecule has 3 aromatic rings. The number of benzene rings is 2. The molecule has 6 heteroatoms. The van der Waals surface area contributed by atoms with Crippen molar-refractivity contribution in [2.45, 2.75) is 26.4 Å². The first-order valence-electron chi connectivity index (χ1n) is 8.55. The van der Waals surface area contributed by atoms with Crippen molar-refractivity contribution in [2.75, 3.05) is 7.11 Å². The number of aromatic nitrogens is 1. The molecule has 0 atom stereocenters. The van der Waals surface area contributed by atoms with Crippen molar-refractivity contribution in [1.29, 1.82) is 0 Å². The van der Waals surface area contributed by atoms with Crippen molar-refractivity contribution in [2.24, 2.45) is 0 Å². The van der Waals surface area contributed by atoms with Gasteiger partial charge in [-0.1, -0.05) is 35.9 Å². The van der Waals surface area contributed by atoms with Gasteiger partial charge < -0.3 is 13.9 Å². The zero-order valence-electron chi connectivity index (χ0n) is 15.2. The molecule has 0 aliphatic heterocycles. The summed E-state index contributed by atoms with van der Waals surface area (Å²) in [6.45, 7) is 2.02. The molecule has 0 saturated carbocycles. The van der Waals surface area contributed by atoms with Gasteiger partial charge in [0, 0.05) is 12.0 Å². The number of nitrogens with zero attached hydrogens (tertiary/aromatic N) is 1. The van der Waals surface area contributed by atoms with E-state index in [2.05, 4.69) is 4.98 Å². The third-order valence-corrected chi connectivity index (χ3v) is 4.05. The molecule has 3 rings (SSSR count). The third-order valence-electron chi connectivity index (χ3n) is 4.05. The van der Waals surface area contributed by atoms with E-state index in [0.29, 0.717) is 23.6 Å². The van der Waals surface area contributed by atoms with E-state index < -0.39 is 11.8 Å². The largest absolute Gasteiger partial charge is 0.494 e. The highest BCUT2D eigenvalue weighted by Crippen LogP contribution is 2.21. The van der Waals surface area contributed by atoms with E-state index in [9.17, 15) is 9.18 Å². The average Bonchev–Trinajstić information content (AvgIpc) is 3.14. The van der Waals surface area contributed by atoms with Gasteiger partial charge in [-0.15, -0.1) is 0 Å².